The van der Waals surface area contributed by atoms with Gasteiger partial charge < -0.3 is 5.32 Å². The second kappa shape index (κ2) is 5.37. The van der Waals surface area contributed by atoms with Crippen molar-refractivity contribution in [1.29, 1.82) is 0 Å². The Bertz CT molecular complexity index is 449. The van der Waals surface area contributed by atoms with E-state index >= 15 is 0 Å². The molecule has 0 aromatic carbocycles. The van der Waals surface area contributed by atoms with Gasteiger partial charge in [0.2, 0.25) is 0 Å². The van der Waals surface area contributed by atoms with Crippen LogP contribution in [0.2, 0.25) is 5.15 Å². The molecule has 0 bridgehead atoms. The third-order valence-corrected chi connectivity index (χ3v) is 4.78. The first-order valence-corrected chi connectivity index (χ1v) is 6.96. The van der Waals surface area contributed by atoms with Crippen LogP contribution in [0.15, 0.2) is 29.6 Å². The zero-order chi connectivity index (χ0) is 12.3. The van der Waals surface area contributed by atoms with Gasteiger partial charge in [-0.05, 0) is 12.1 Å². The lowest BCUT2D eigenvalue weighted by Gasteiger charge is -2.00. The minimum atomic E-state index is -0.409. The highest BCUT2D eigenvalue weighted by Crippen LogP contribution is 2.20. The maximum absolute atomic E-state index is 10.5. The molecular weight excluding hydrogens is 262 g/mol. The van der Waals surface area contributed by atoms with E-state index in [0.29, 0.717) is 5.15 Å². The Labute approximate surface area is 106 Å². The molecule has 0 aliphatic carbocycles. The first-order valence-electron chi connectivity index (χ1n) is 5.02. The number of nitro groups is 1. The zero-order valence-electron chi connectivity index (χ0n) is 8.93. The van der Waals surface area contributed by atoms with Crippen LogP contribution in [0.1, 0.15) is 5.56 Å². The molecule has 7 heteroatoms. The molecule has 90 valence electrons. The number of aromatic nitrogens is 1. The SMILES string of the molecule is O=[N+]([O-])C=C1NCC[S+]1Cc1ccc(Cl)nc1. The van der Waals surface area contributed by atoms with Crippen LogP contribution in [0.3, 0.4) is 0 Å². The standard InChI is InChI=1S/C10H11ClN3O2S/c11-9-2-1-8(5-13-9)7-17-4-3-12-10(17)6-14(15)16/h1-2,5-6,12H,3-4,7H2/q+1. The summed E-state index contributed by atoms with van der Waals surface area (Å²) in [7, 11) is -0.118. The third-order valence-electron chi connectivity index (χ3n) is 2.31. The number of nitrogens with one attached hydrogen (secondary N) is 1. The summed E-state index contributed by atoms with van der Waals surface area (Å²) in [6.45, 7) is 0.795. The topological polar surface area (TPSA) is 68.1 Å². The molecule has 1 N–H and O–H groups in total. The van der Waals surface area contributed by atoms with Crippen LogP contribution in [0, 0.1) is 10.1 Å². The number of rotatable bonds is 3. The second-order valence-corrected chi connectivity index (χ2v) is 6.05. The van der Waals surface area contributed by atoms with Gasteiger partial charge in [-0.15, -0.1) is 0 Å². The summed E-state index contributed by atoms with van der Waals surface area (Å²) in [5.41, 5.74) is 1.05. The van der Waals surface area contributed by atoms with Crippen molar-refractivity contribution in [2.24, 2.45) is 0 Å². The Morgan fingerprint density at radius 1 is 1.65 bits per heavy atom. The molecule has 1 fully saturated rings. The quantitative estimate of drug-likeness (QED) is 0.392. The fourth-order valence-electron chi connectivity index (χ4n) is 1.57. The first-order chi connectivity index (χ1) is 8.15. The van der Waals surface area contributed by atoms with Gasteiger partial charge in [-0.2, -0.15) is 0 Å². The number of hydrogen-bond donors (Lipinski definition) is 1. The number of pyridine rings is 1. The number of hydrogen-bond acceptors (Lipinski definition) is 4. The molecule has 1 unspecified atom stereocenters. The third kappa shape index (κ3) is 3.34. The van der Waals surface area contributed by atoms with Crippen LogP contribution in [0.4, 0.5) is 0 Å². The molecular formula is C10H11ClN3O2S+. The Kier molecular flexibility index (Phi) is 3.86. The van der Waals surface area contributed by atoms with Crippen LogP contribution in [-0.4, -0.2) is 22.2 Å². The molecule has 1 aliphatic heterocycles. The van der Waals surface area contributed by atoms with E-state index in [1.165, 1.54) is 0 Å². The average molecular weight is 273 g/mol. The summed E-state index contributed by atoms with van der Waals surface area (Å²) in [5, 5.41) is 14.7. The monoisotopic (exact) mass is 272 g/mol. The lowest BCUT2D eigenvalue weighted by molar-refractivity contribution is -0.403. The van der Waals surface area contributed by atoms with Crippen molar-refractivity contribution in [3.63, 3.8) is 0 Å². The van der Waals surface area contributed by atoms with E-state index in [2.05, 4.69) is 10.3 Å². The van der Waals surface area contributed by atoms with E-state index in [0.717, 1.165) is 34.8 Å². The predicted molar refractivity (Wildman–Crippen MR) is 68.3 cm³/mol. The van der Waals surface area contributed by atoms with Crippen LogP contribution < -0.4 is 5.32 Å². The van der Waals surface area contributed by atoms with Crippen molar-refractivity contribution in [1.82, 2.24) is 10.3 Å². The van der Waals surface area contributed by atoms with Crippen LogP contribution in [0.25, 0.3) is 0 Å². The molecule has 1 aliphatic rings. The largest absolute Gasteiger partial charge is 0.336 e. The van der Waals surface area contributed by atoms with E-state index in [1.54, 1.807) is 12.3 Å². The van der Waals surface area contributed by atoms with E-state index < -0.39 is 4.92 Å². The minimum Gasteiger partial charge on any atom is -0.336 e. The molecule has 0 radical (unpaired) electrons. The van der Waals surface area contributed by atoms with Crippen molar-refractivity contribution in [3.8, 4) is 0 Å². The van der Waals surface area contributed by atoms with Gasteiger partial charge in [-0.3, -0.25) is 10.1 Å². The van der Waals surface area contributed by atoms with E-state index in [1.807, 2.05) is 6.07 Å². The van der Waals surface area contributed by atoms with Crippen molar-refractivity contribution in [3.05, 3.63) is 50.4 Å². The van der Waals surface area contributed by atoms with Gasteiger partial charge in [0.25, 0.3) is 5.03 Å². The van der Waals surface area contributed by atoms with Crippen molar-refractivity contribution in [2.75, 3.05) is 12.3 Å². The summed E-state index contributed by atoms with van der Waals surface area (Å²) >= 11 is 5.70. The van der Waals surface area contributed by atoms with Crippen molar-refractivity contribution < 1.29 is 4.92 Å². The Morgan fingerprint density at radius 2 is 2.47 bits per heavy atom. The summed E-state index contributed by atoms with van der Waals surface area (Å²) < 4.78 is 0. The molecule has 5 nitrogen and oxygen atoms in total. The van der Waals surface area contributed by atoms with Crippen molar-refractivity contribution in [2.45, 2.75) is 5.75 Å². The highest BCUT2D eigenvalue weighted by atomic mass is 35.5. The van der Waals surface area contributed by atoms with Crippen LogP contribution in [-0.2, 0) is 16.6 Å². The van der Waals surface area contributed by atoms with Gasteiger partial charge in [0, 0.05) is 11.8 Å². The maximum Gasteiger partial charge on any atom is 0.306 e. The summed E-state index contributed by atoms with van der Waals surface area (Å²) in [4.78, 5) is 14.1. The van der Waals surface area contributed by atoms with Gasteiger partial charge in [0.1, 0.15) is 16.7 Å². The van der Waals surface area contributed by atoms with Gasteiger partial charge in [0.15, 0.2) is 0 Å². The maximum atomic E-state index is 10.5. The average Bonchev–Trinajstić information content (AvgIpc) is 2.68. The lowest BCUT2D eigenvalue weighted by atomic mass is 10.3. The molecule has 1 aromatic rings. The van der Waals surface area contributed by atoms with Gasteiger partial charge in [-0.1, -0.05) is 11.6 Å². The number of nitrogens with zero attached hydrogens (tertiary/aromatic N) is 2. The van der Waals surface area contributed by atoms with Gasteiger partial charge >= 0.3 is 6.20 Å². The fraction of sp³-hybridized carbons (Fsp3) is 0.300. The van der Waals surface area contributed by atoms with Gasteiger partial charge in [0.05, 0.1) is 22.4 Å². The highest BCUT2D eigenvalue weighted by molar-refractivity contribution is 8.00. The van der Waals surface area contributed by atoms with Gasteiger partial charge in [-0.25, -0.2) is 4.98 Å². The normalized spacial score (nSPS) is 21.5. The fourth-order valence-corrected chi connectivity index (χ4v) is 3.66. The highest BCUT2D eigenvalue weighted by Gasteiger charge is 2.33. The molecule has 0 spiro atoms. The minimum absolute atomic E-state index is 0.118. The summed E-state index contributed by atoms with van der Waals surface area (Å²) in [6.07, 6.45) is 2.79. The molecule has 2 rings (SSSR count). The molecule has 1 atom stereocenters. The Hall–Kier alpha value is -1.27. The molecule has 2 heterocycles. The van der Waals surface area contributed by atoms with E-state index in [9.17, 15) is 10.1 Å². The number of halogens is 1. The second-order valence-electron chi connectivity index (χ2n) is 3.54. The first kappa shape index (κ1) is 12.2. The van der Waals surface area contributed by atoms with Crippen LogP contribution in [0.5, 0.6) is 0 Å². The molecule has 1 saturated heterocycles. The smallest absolute Gasteiger partial charge is 0.306 e. The Balaban J connectivity index is 2.07. The predicted octanol–water partition coefficient (Wildman–Crippen LogP) is 1.53. The Morgan fingerprint density at radius 3 is 3.12 bits per heavy atom. The van der Waals surface area contributed by atoms with Crippen LogP contribution >= 0.6 is 11.6 Å². The molecule has 17 heavy (non-hydrogen) atoms. The molecule has 1 aromatic heterocycles. The molecule has 0 saturated carbocycles. The summed E-state index contributed by atoms with van der Waals surface area (Å²) in [6, 6.07) is 3.64. The van der Waals surface area contributed by atoms with Crippen molar-refractivity contribution >= 4 is 22.5 Å². The van der Waals surface area contributed by atoms with E-state index in [4.69, 9.17) is 11.6 Å². The van der Waals surface area contributed by atoms with E-state index in [-0.39, 0.29) is 10.9 Å². The summed E-state index contributed by atoms with van der Waals surface area (Å²) in [5.74, 6) is 1.71. The molecule has 0 amide bonds. The lowest BCUT2D eigenvalue weighted by Crippen LogP contribution is -2.11. The zero-order valence-corrected chi connectivity index (χ0v) is 10.5.